The average Bonchev–Trinajstić information content (AvgIpc) is 1.99. The van der Waals surface area contributed by atoms with E-state index in [4.69, 9.17) is 16.3 Å². The van der Waals surface area contributed by atoms with Gasteiger partial charge in [-0.25, -0.2) is 4.39 Å². The molecule has 0 radical (unpaired) electrons. The first-order valence-corrected chi connectivity index (χ1v) is 4.99. The van der Waals surface area contributed by atoms with E-state index in [9.17, 15) is 4.39 Å². The molecule has 1 aromatic carbocycles. The molecule has 0 spiro atoms. The molecule has 72 valence electrons. The van der Waals surface area contributed by atoms with Crippen LogP contribution in [-0.2, 0) is 0 Å². The van der Waals surface area contributed by atoms with E-state index in [2.05, 4.69) is 15.9 Å². The Hall–Kier alpha value is -0.280. The minimum atomic E-state index is -0.443. The third-order valence-corrected chi connectivity index (χ3v) is 2.53. The molecule has 0 N–H and O–H groups in total. The summed E-state index contributed by atoms with van der Waals surface area (Å²) in [4.78, 5) is 0. The van der Waals surface area contributed by atoms with Crippen LogP contribution in [0, 0.1) is 5.82 Å². The van der Waals surface area contributed by atoms with Crippen LogP contribution in [-0.4, -0.2) is 6.10 Å². The van der Waals surface area contributed by atoms with Crippen molar-refractivity contribution in [3.63, 3.8) is 0 Å². The lowest BCUT2D eigenvalue weighted by Crippen LogP contribution is -2.06. The highest BCUT2D eigenvalue weighted by molar-refractivity contribution is 9.10. The van der Waals surface area contributed by atoms with Crippen molar-refractivity contribution < 1.29 is 9.13 Å². The molecular formula is C9H9BrClFO. The molecule has 0 heterocycles. The summed E-state index contributed by atoms with van der Waals surface area (Å²) in [6, 6.07) is 2.75. The van der Waals surface area contributed by atoms with Crippen molar-refractivity contribution in [1.29, 1.82) is 0 Å². The van der Waals surface area contributed by atoms with Gasteiger partial charge in [-0.3, -0.25) is 0 Å². The second kappa shape index (κ2) is 4.29. The highest BCUT2D eigenvalue weighted by Gasteiger charge is 2.09. The molecule has 1 nitrogen and oxygen atoms in total. The lowest BCUT2D eigenvalue weighted by Gasteiger charge is -2.11. The molecule has 1 aromatic rings. The summed E-state index contributed by atoms with van der Waals surface area (Å²) in [7, 11) is 0. The molecule has 13 heavy (non-hydrogen) atoms. The Balaban J connectivity index is 3.01. The number of rotatable bonds is 2. The maximum atomic E-state index is 13.2. The highest BCUT2D eigenvalue weighted by Crippen LogP contribution is 2.30. The summed E-state index contributed by atoms with van der Waals surface area (Å²) >= 11 is 8.87. The van der Waals surface area contributed by atoms with E-state index in [0.29, 0.717) is 9.50 Å². The van der Waals surface area contributed by atoms with Crippen LogP contribution in [0.4, 0.5) is 4.39 Å². The SMILES string of the molecule is CC(C)Oc1cc(Br)c(Cl)cc1F. The van der Waals surface area contributed by atoms with Crippen molar-refractivity contribution in [3.05, 3.63) is 27.4 Å². The molecule has 0 aromatic heterocycles. The monoisotopic (exact) mass is 266 g/mol. The van der Waals surface area contributed by atoms with Gasteiger partial charge in [-0.2, -0.15) is 0 Å². The maximum absolute atomic E-state index is 13.2. The number of ether oxygens (including phenoxy) is 1. The van der Waals surface area contributed by atoms with Gasteiger partial charge in [0, 0.05) is 4.47 Å². The van der Waals surface area contributed by atoms with Crippen LogP contribution in [0.1, 0.15) is 13.8 Å². The van der Waals surface area contributed by atoms with Gasteiger partial charge in [0.25, 0.3) is 0 Å². The van der Waals surface area contributed by atoms with Gasteiger partial charge < -0.3 is 4.74 Å². The normalized spacial score (nSPS) is 10.6. The number of halogens is 3. The minimum absolute atomic E-state index is 0.0532. The van der Waals surface area contributed by atoms with E-state index in [-0.39, 0.29) is 11.9 Å². The fourth-order valence-electron chi connectivity index (χ4n) is 0.849. The van der Waals surface area contributed by atoms with Crippen molar-refractivity contribution in [2.24, 2.45) is 0 Å². The summed E-state index contributed by atoms with van der Waals surface area (Å²) < 4.78 is 19.0. The lowest BCUT2D eigenvalue weighted by atomic mass is 10.3. The molecule has 1 rings (SSSR count). The molecule has 0 aliphatic rings. The van der Waals surface area contributed by atoms with Crippen LogP contribution in [0.5, 0.6) is 5.75 Å². The van der Waals surface area contributed by atoms with Crippen LogP contribution in [0.2, 0.25) is 5.02 Å². The predicted molar refractivity (Wildman–Crippen MR) is 54.9 cm³/mol. The smallest absolute Gasteiger partial charge is 0.166 e. The Labute approximate surface area is 90.0 Å². The summed E-state index contributed by atoms with van der Waals surface area (Å²) in [6.45, 7) is 3.67. The third-order valence-electron chi connectivity index (χ3n) is 1.34. The lowest BCUT2D eigenvalue weighted by molar-refractivity contribution is 0.231. The fourth-order valence-corrected chi connectivity index (χ4v) is 1.32. The molecule has 0 fully saturated rings. The standard InChI is InChI=1S/C9H9BrClFO/c1-5(2)13-9-3-6(10)7(11)4-8(9)12/h3-5H,1-2H3. The van der Waals surface area contributed by atoms with E-state index in [0.717, 1.165) is 0 Å². The largest absolute Gasteiger partial charge is 0.488 e. The molecule has 0 unspecified atom stereocenters. The van der Waals surface area contributed by atoms with E-state index < -0.39 is 5.82 Å². The van der Waals surface area contributed by atoms with Gasteiger partial charge in [-0.1, -0.05) is 11.6 Å². The Bertz CT molecular complexity index is 315. The van der Waals surface area contributed by atoms with Crippen LogP contribution in [0.25, 0.3) is 0 Å². The Kier molecular flexibility index (Phi) is 3.56. The average molecular weight is 268 g/mol. The first kappa shape index (κ1) is 10.8. The predicted octanol–water partition coefficient (Wildman–Crippen LogP) is 4.03. The van der Waals surface area contributed by atoms with Crippen LogP contribution >= 0.6 is 27.5 Å². The van der Waals surface area contributed by atoms with Crippen molar-refractivity contribution in [3.8, 4) is 5.75 Å². The van der Waals surface area contributed by atoms with Gasteiger partial charge in [-0.05, 0) is 41.9 Å². The first-order chi connectivity index (χ1) is 6.00. The third kappa shape index (κ3) is 2.85. The van der Waals surface area contributed by atoms with Crippen LogP contribution in [0.15, 0.2) is 16.6 Å². The molecule has 0 aliphatic carbocycles. The van der Waals surface area contributed by atoms with E-state index in [1.54, 1.807) is 0 Å². The molecule has 4 heteroatoms. The van der Waals surface area contributed by atoms with Crippen molar-refractivity contribution in [2.45, 2.75) is 20.0 Å². The molecular weight excluding hydrogens is 258 g/mol. The Morgan fingerprint density at radius 3 is 2.62 bits per heavy atom. The number of hydrogen-bond donors (Lipinski definition) is 0. The topological polar surface area (TPSA) is 9.23 Å². The van der Waals surface area contributed by atoms with E-state index in [1.165, 1.54) is 12.1 Å². The Morgan fingerprint density at radius 2 is 2.08 bits per heavy atom. The van der Waals surface area contributed by atoms with Gasteiger partial charge >= 0.3 is 0 Å². The summed E-state index contributed by atoms with van der Waals surface area (Å²) in [5, 5.41) is 0.341. The zero-order valence-corrected chi connectivity index (χ0v) is 9.62. The second-order valence-electron chi connectivity index (χ2n) is 2.86. The number of benzene rings is 1. The van der Waals surface area contributed by atoms with Gasteiger partial charge in [0.2, 0.25) is 0 Å². The van der Waals surface area contributed by atoms with Crippen LogP contribution < -0.4 is 4.74 Å². The Morgan fingerprint density at radius 1 is 1.46 bits per heavy atom. The molecule has 0 saturated heterocycles. The van der Waals surface area contributed by atoms with Gasteiger partial charge in [0.1, 0.15) is 0 Å². The second-order valence-corrected chi connectivity index (χ2v) is 4.12. The van der Waals surface area contributed by atoms with E-state index in [1.807, 2.05) is 13.8 Å². The summed E-state index contributed by atoms with van der Waals surface area (Å²) in [5.41, 5.74) is 0. The fraction of sp³-hybridized carbons (Fsp3) is 0.333. The molecule has 0 amide bonds. The van der Waals surface area contributed by atoms with Crippen molar-refractivity contribution in [1.82, 2.24) is 0 Å². The molecule has 0 atom stereocenters. The number of hydrogen-bond acceptors (Lipinski definition) is 1. The van der Waals surface area contributed by atoms with Crippen LogP contribution in [0.3, 0.4) is 0 Å². The quantitative estimate of drug-likeness (QED) is 0.735. The summed E-state index contributed by atoms with van der Waals surface area (Å²) in [6.07, 6.45) is -0.0532. The molecule has 0 bridgehead atoms. The molecule has 0 saturated carbocycles. The molecule has 0 aliphatic heterocycles. The van der Waals surface area contributed by atoms with Gasteiger partial charge in [0.05, 0.1) is 11.1 Å². The zero-order chi connectivity index (χ0) is 10.0. The zero-order valence-electron chi connectivity index (χ0n) is 7.27. The first-order valence-electron chi connectivity index (χ1n) is 3.82. The highest BCUT2D eigenvalue weighted by atomic mass is 79.9. The van der Waals surface area contributed by atoms with E-state index >= 15 is 0 Å². The van der Waals surface area contributed by atoms with Crippen molar-refractivity contribution >= 4 is 27.5 Å². The summed E-state index contributed by atoms with van der Waals surface area (Å²) in [5.74, 6) is -0.229. The van der Waals surface area contributed by atoms with Gasteiger partial charge in [0.15, 0.2) is 11.6 Å². The minimum Gasteiger partial charge on any atom is -0.488 e. The van der Waals surface area contributed by atoms with Gasteiger partial charge in [-0.15, -0.1) is 0 Å². The van der Waals surface area contributed by atoms with Crippen molar-refractivity contribution in [2.75, 3.05) is 0 Å². The maximum Gasteiger partial charge on any atom is 0.166 e.